The van der Waals surface area contributed by atoms with Crippen LogP contribution in [0.25, 0.3) is 16.9 Å². The largest absolute Gasteiger partial charge is 0.416 e. The summed E-state index contributed by atoms with van der Waals surface area (Å²) in [5, 5.41) is 15.2. The molecule has 11 heteroatoms. The number of hydrogen-bond donors (Lipinski definition) is 1. The highest BCUT2D eigenvalue weighted by Gasteiger charge is 2.31. The first-order valence-electron chi connectivity index (χ1n) is 12.0. The molecular formula is C26H26F3N7O. The van der Waals surface area contributed by atoms with Gasteiger partial charge in [0.25, 0.3) is 5.91 Å². The summed E-state index contributed by atoms with van der Waals surface area (Å²) in [6, 6.07) is 5.32. The molecule has 1 aliphatic carbocycles. The van der Waals surface area contributed by atoms with Gasteiger partial charge in [0, 0.05) is 30.2 Å². The lowest BCUT2D eigenvalue weighted by Crippen LogP contribution is -2.15. The Morgan fingerprint density at radius 1 is 1.14 bits per heavy atom. The van der Waals surface area contributed by atoms with E-state index in [2.05, 4.69) is 25.7 Å². The van der Waals surface area contributed by atoms with Crippen molar-refractivity contribution in [2.45, 2.75) is 45.7 Å². The third-order valence-corrected chi connectivity index (χ3v) is 6.69. The van der Waals surface area contributed by atoms with Crippen LogP contribution in [0.15, 0.2) is 42.9 Å². The average molecular weight is 510 g/mol. The number of carbonyl (C=O) groups excluding carboxylic acids is 1. The lowest BCUT2D eigenvalue weighted by molar-refractivity contribution is -0.137. The van der Waals surface area contributed by atoms with Crippen LogP contribution in [0.2, 0.25) is 0 Å². The summed E-state index contributed by atoms with van der Waals surface area (Å²) in [5.74, 6) is 0.0219. The third kappa shape index (κ3) is 5.40. The Morgan fingerprint density at radius 2 is 1.92 bits per heavy atom. The summed E-state index contributed by atoms with van der Waals surface area (Å²) in [6.07, 6.45) is 3.93. The van der Waals surface area contributed by atoms with Crippen LogP contribution in [0.3, 0.4) is 0 Å². The fraction of sp³-hybridized carbons (Fsp3) is 0.346. The second-order valence-electron chi connectivity index (χ2n) is 9.50. The predicted octanol–water partition coefficient (Wildman–Crippen LogP) is 5.29. The molecular weight excluding hydrogens is 483 g/mol. The van der Waals surface area contributed by atoms with Crippen LogP contribution in [0, 0.1) is 19.8 Å². The smallest absolute Gasteiger partial charge is 0.322 e. The maximum absolute atomic E-state index is 13.5. The van der Waals surface area contributed by atoms with Gasteiger partial charge in [-0.15, -0.1) is 5.10 Å². The van der Waals surface area contributed by atoms with Gasteiger partial charge in [-0.2, -0.15) is 18.3 Å². The summed E-state index contributed by atoms with van der Waals surface area (Å²) in [6.45, 7) is 3.69. The monoisotopic (exact) mass is 509 g/mol. The molecule has 5 rings (SSSR count). The van der Waals surface area contributed by atoms with E-state index in [1.54, 1.807) is 36.1 Å². The number of carbonyl (C=O) groups is 1. The van der Waals surface area contributed by atoms with E-state index in [-0.39, 0.29) is 11.3 Å². The highest BCUT2D eigenvalue weighted by atomic mass is 19.4. The van der Waals surface area contributed by atoms with Crippen molar-refractivity contribution in [3.05, 3.63) is 70.9 Å². The van der Waals surface area contributed by atoms with Crippen LogP contribution in [-0.4, -0.2) is 35.7 Å². The van der Waals surface area contributed by atoms with E-state index in [0.717, 1.165) is 42.7 Å². The zero-order valence-corrected chi connectivity index (χ0v) is 20.7. The van der Waals surface area contributed by atoms with E-state index < -0.39 is 17.6 Å². The standard InChI is InChI=1S/C26H26F3N7O/c1-15-24(36-14-23(33-34-36)22-13-31-35(3)16(22)2)10-19(12-30-15)25(37)32-21-9-18(7-6-17-4-5-17)8-20(11-21)26(27,28)29/h8-14,17H,4-7H2,1-3H3,(H,32,37). The molecule has 1 saturated carbocycles. The van der Waals surface area contributed by atoms with Gasteiger partial charge in [0.05, 0.1) is 34.9 Å². The van der Waals surface area contributed by atoms with Gasteiger partial charge in [-0.05, 0) is 62.4 Å². The van der Waals surface area contributed by atoms with Crippen molar-refractivity contribution < 1.29 is 18.0 Å². The number of rotatable bonds is 7. The van der Waals surface area contributed by atoms with Gasteiger partial charge in [0.15, 0.2) is 0 Å². The summed E-state index contributed by atoms with van der Waals surface area (Å²) < 4.78 is 43.8. The molecule has 3 heterocycles. The molecule has 0 radical (unpaired) electrons. The number of hydrogen-bond acceptors (Lipinski definition) is 5. The number of alkyl halides is 3. The van der Waals surface area contributed by atoms with Crippen LogP contribution in [0.5, 0.6) is 0 Å². The number of nitrogens with zero attached hydrogens (tertiary/aromatic N) is 6. The second kappa shape index (κ2) is 9.45. The molecule has 0 atom stereocenters. The molecule has 1 aromatic carbocycles. The van der Waals surface area contributed by atoms with Gasteiger partial charge in [-0.25, -0.2) is 4.68 Å². The Morgan fingerprint density at radius 3 is 2.59 bits per heavy atom. The normalized spacial score (nSPS) is 13.7. The first kappa shape index (κ1) is 24.7. The number of halogens is 3. The third-order valence-electron chi connectivity index (χ3n) is 6.69. The molecule has 1 N–H and O–H groups in total. The molecule has 0 spiro atoms. The number of pyridine rings is 1. The lowest BCUT2D eigenvalue weighted by Gasteiger charge is -2.14. The van der Waals surface area contributed by atoms with Crippen LogP contribution < -0.4 is 5.32 Å². The van der Waals surface area contributed by atoms with Crippen LogP contribution in [-0.2, 0) is 19.6 Å². The van der Waals surface area contributed by atoms with Crippen molar-refractivity contribution in [2.24, 2.45) is 13.0 Å². The number of benzene rings is 1. The van der Waals surface area contributed by atoms with Gasteiger partial charge >= 0.3 is 6.18 Å². The molecule has 0 bridgehead atoms. The van der Waals surface area contributed by atoms with Crippen LogP contribution >= 0.6 is 0 Å². The summed E-state index contributed by atoms with van der Waals surface area (Å²) in [5.41, 5.74) is 3.57. The van der Waals surface area contributed by atoms with E-state index >= 15 is 0 Å². The summed E-state index contributed by atoms with van der Waals surface area (Å²) in [4.78, 5) is 17.3. The summed E-state index contributed by atoms with van der Waals surface area (Å²) in [7, 11) is 1.83. The van der Waals surface area contributed by atoms with E-state index in [9.17, 15) is 18.0 Å². The molecule has 3 aromatic heterocycles. The van der Waals surface area contributed by atoms with E-state index in [1.165, 1.54) is 10.9 Å². The van der Waals surface area contributed by atoms with Gasteiger partial charge in [-0.3, -0.25) is 14.5 Å². The van der Waals surface area contributed by atoms with E-state index in [4.69, 9.17) is 0 Å². The quantitative estimate of drug-likeness (QED) is 0.366. The Hall–Kier alpha value is -4.02. The van der Waals surface area contributed by atoms with Gasteiger partial charge in [0.1, 0.15) is 5.69 Å². The minimum Gasteiger partial charge on any atom is -0.322 e. The van der Waals surface area contributed by atoms with Crippen molar-refractivity contribution in [1.82, 2.24) is 29.8 Å². The van der Waals surface area contributed by atoms with Crippen molar-refractivity contribution >= 4 is 11.6 Å². The second-order valence-corrected chi connectivity index (χ2v) is 9.50. The minimum atomic E-state index is -4.51. The fourth-order valence-electron chi connectivity index (χ4n) is 4.19. The molecule has 37 heavy (non-hydrogen) atoms. The average Bonchev–Trinajstić information content (AvgIpc) is 3.46. The summed E-state index contributed by atoms with van der Waals surface area (Å²) >= 11 is 0. The minimum absolute atomic E-state index is 0.0999. The van der Waals surface area contributed by atoms with Crippen molar-refractivity contribution in [2.75, 3.05) is 5.32 Å². The number of aromatic nitrogens is 6. The molecule has 0 saturated heterocycles. The highest BCUT2D eigenvalue weighted by molar-refractivity contribution is 6.04. The Bertz CT molecular complexity index is 1470. The number of amides is 1. The zero-order chi connectivity index (χ0) is 26.3. The maximum atomic E-state index is 13.5. The van der Waals surface area contributed by atoms with Gasteiger partial charge < -0.3 is 5.32 Å². The molecule has 0 aliphatic heterocycles. The molecule has 1 amide bonds. The maximum Gasteiger partial charge on any atom is 0.416 e. The Balaban J connectivity index is 1.40. The molecule has 192 valence electrons. The van der Waals surface area contributed by atoms with Crippen molar-refractivity contribution in [3.8, 4) is 16.9 Å². The number of nitrogens with one attached hydrogen (secondary N) is 1. The van der Waals surface area contributed by atoms with Crippen LogP contribution in [0.4, 0.5) is 18.9 Å². The molecule has 0 unspecified atom stereocenters. The topological polar surface area (TPSA) is 90.5 Å². The molecule has 1 fully saturated rings. The van der Waals surface area contributed by atoms with Gasteiger partial charge in [0.2, 0.25) is 0 Å². The van der Waals surface area contributed by atoms with Crippen LogP contribution in [0.1, 0.15) is 52.1 Å². The fourth-order valence-corrected chi connectivity index (χ4v) is 4.19. The van der Waals surface area contributed by atoms with E-state index in [1.807, 2.05) is 14.0 Å². The lowest BCUT2D eigenvalue weighted by atomic mass is 10.0. The van der Waals surface area contributed by atoms with E-state index in [0.29, 0.717) is 35.0 Å². The Labute approximate surface area is 211 Å². The Kier molecular flexibility index (Phi) is 6.30. The first-order valence-corrected chi connectivity index (χ1v) is 12.0. The van der Waals surface area contributed by atoms with Crippen molar-refractivity contribution in [3.63, 3.8) is 0 Å². The number of anilines is 1. The molecule has 4 aromatic rings. The molecule has 8 nitrogen and oxygen atoms in total. The predicted molar refractivity (Wildman–Crippen MR) is 131 cm³/mol. The van der Waals surface area contributed by atoms with Gasteiger partial charge in [-0.1, -0.05) is 18.1 Å². The zero-order valence-electron chi connectivity index (χ0n) is 20.7. The highest BCUT2D eigenvalue weighted by Crippen LogP contribution is 2.36. The number of aryl methyl sites for hydroxylation is 3. The SMILES string of the molecule is Cc1ncc(C(=O)Nc2cc(CCC3CC3)cc(C(F)(F)F)c2)cc1-n1cc(-c2cnn(C)c2C)nn1. The first-order chi connectivity index (χ1) is 17.6. The molecule has 1 aliphatic rings. The van der Waals surface area contributed by atoms with Crippen molar-refractivity contribution in [1.29, 1.82) is 0 Å².